The molecule has 0 saturated heterocycles. The van der Waals surface area contributed by atoms with Crippen molar-refractivity contribution in [2.75, 3.05) is 0 Å². The third kappa shape index (κ3) is 3.00. The highest BCUT2D eigenvalue weighted by Gasteiger charge is 2.14. The molecule has 1 aromatic heterocycles. The minimum Gasteiger partial charge on any atom is -0.478 e. The SMILES string of the molecule is CCc1nnnn1-c1cc(C(=O)O)cc(-c2ccc(C)cc2Cl)c1. The number of rotatable bonds is 4. The number of tetrazole rings is 1. The van der Waals surface area contributed by atoms with Crippen molar-refractivity contribution < 1.29 is 9.90 Å². The topological polar surface area (TPSA) is 80.9 Å². The van der Waals surface area contributed by atoms with Gasteiger partial charge in [0.15, 0.2) is 5.82 Å². The van der Waals surface area contributed by atoms with Gasteiger partial charge in [-0.3, -0.25) is 0 Å². The summed E-state index contributed by atoms with van der Waals surface area (Å²) in [5.41, 5.74) is 3.23. The van der Waals surface area contributed by atoms with Crippen LogP contribution in [-0.2, 0) is 6.42 Å². The predicted octanol–water partition coefficient (Wildman–Crippen LogP) is 3.55. The fourth-order valence-corrected chi connectivity index (χ4v) is 2.84. The first kappa shape index (κ1) is 16.1. The van der Waals surface area contributed by atoms with Gasteiger partial charge in [0.05, 0.1) is 11.3 Å². The van der Waals surface area contributed by atoms with Crippen LogP contribution in [0.1, 0.15) is 28.7 Å². The molecule has 3 aromatic rings. The summed E-state index contributed by atoms with van der Waals surface area (Å²) in [5.74, 6) is -0.369. The molecule has 0 fully saturated rings. The third-order valence-electron chi connectivity index (χ3n) is 3.70. The van der Waals surface area contributed by atoms with Crippen molar-refractivity contribution in [2.45, 2.75) is 20.3 Å². The summed E-state index contributed by atoms with van der Waals surface area (Å²) < 4.78 is 1.54. The molecule has 0 saturated carbocycles. The maximum absolute atomic E-state index is 11.5. The van der Waals surface area contributed by atoms with E-state index in [0.717, 1.165) is 11.1 Å². The molecule has 2 aromatic carbocycles. The Morgan fingerprint density at radius 3 is 2.71 bits per heavy atom. The summed E-state index contributed by atoms with van der Waals surface area (Å²) in [6.45, 7) is 3.88. The van der Waals surface area contributed by atoms with E-state index in [9.17, 15) is 9.90 Å². The van der Waals surface area contributed by atoms with Gasteiger partial charge in [0.2, 0.25) is 0 Å². The van der Waals surface area contributed by atoms with Gasteiger partial charge in [-0.2, -0.15) is 4.68 Å². The summed E-state index contributed by atoms with van der Waals surface area (Å²) in [5, 5.41) is 21.6. The first-order chi connectivity index (χ1) is 11.5. The first-order valence-electron chi connectivity index (χ1n) is 7.42. The van der Waals surface area contributed by atoms with Gasteiger partial charge in [-0.15, -0.1) is 5.10 Å². The molecule has 1 heterocycles. The second-order valence-electron chi connectivity index (χ2n) is 5.42. The highest BCUT2D eigenvalue weighted by atomic mass is 35.5. The van der Waals surface area contributed by atoms with Crippen molar-refractivity contribution in [3.63, 3.8) is 0 Å². The van der Waals surface area contributed by atoms with E-state index in [1.807, 2.05) is 38.1 Å². The minimum atomic E-state index is -1.02. The molecule has 0 atom stereocenters. The Bertz CT molecular complexity index is 921. The average molecular weight is 343 g/mol. The van der Waals surface area contributed by atoms with E-state index in [1.54, 1.807) is 12.1 Å². The van der Waals surface area contributed by atoms with E-state index in [0.29, 0.717) is 28.5 Å². The van der Waals surface area contributed by atoms with Crippen molar-refractivity contribution in [3.8, 4) is 16.8 Å². The van der Waals surface area contributed by atoms with Crippen molar-refractivity contribution in [3.05, 3.63) is 58.4 Å². The fourth-order valence-electron chi connectivity index (χ4n) is 2.49. The number of benzene rings is 2. The number of aryl methyl sites for hydroxylation is 2. The van der Waals surface area contributed by atoms with E-state index in [-0.39, 0.29) is 5.56 Å². The molecule has 122 valence electrons. The number of aromatic carboxylic acids is 1. The van der Waals surface area contributed by atoms with E-state index < -0.39 is 5.97 Å². The maximum Gasteiger partial charge on any atom is 0.335 e. The molecular formula is C17H15ClN4O2. The van der Waals surface area contributed by atoms with Crippen LogP contribution in [0, 0.1) is 6.92 Å². The Morgan fingerprint density at radius 2 is 2.04 bits per heavy atom. The monoisotopic (exact) mass is 342 g/mol. The normalized spacial score (nSPS) is 10.8. The fraction of sp³-hybridized carbons (Fsp3) is 0.176. The molecule has 0 aliphatic heterocycles. The highest BCUT2D eigenvalue weighted by Crippen LogP contribution is 2.31. The average Bonchev–Trinajstić information content (AvgIpc) is 3.03. The number of hydrogen-bond donors (Lipinski definition) is 1. The summed E-state index contributed by atoms with van der Waals surface area (Å²) in [6, 6.07) is 10.6. The molecule has 0 spiro atoms. The van der Waals surface area contributed by atoms with Gasteiger partial charge in [-0.05, 0) is 52.7 Å². The smallest absolute Gasteiger partial charge is 0.335 e. The molecule has 0 radical (unpaired) electrons. The molecule has 0 amide bonds. The minimum absolute atomic E-state index is 0.150. The summed E-state index contributed by atoms with van der Waals surface area (Å²) >= 11 is 6.34. The van der Waals surface area contributed by atoms with Crippen molar-refractivity contribution in [2.24, 2.45) is 0 Å². The van der Waals surface area contributed by atoms with Crippen molar-refractivity contribution in [1.82, 2.24) is 20.2 Å². The van der Waals surface area contributed by atoms with Crippen LogP contribution in [0.15, 0.2) is 36.4 Å². The van der Waals surface area contributed by atoms with Gasteiger partial charge in [0, 0.05) is 17.0 Å². The van der Waals surface area contributed by atoms with Gasteiger partial charge in [-0.25, -0.2) is 4.79 Å². The molecule has 24 heavy (non-hydrogen) atoms. The van der Waals surface area contributed by atoms with Crippen LogP contribution in [0.3, 0.4) is 0 Å². The Labute approximate surface area is 143 Å². The number of aromatic nitrogens is 4. The lowest BCUT2D eigenvalue weighted by molar-refractivity contribution is 0.0697. The lowest BCUT2D eigenvalue weighted by Crippen LogP contribution is -2.05. The van der Waals surface area contributed by atoms with Gasteiger partial charge in [0.1, 0.15) is 0 Å². The number of carbonyl (C=O) groups is 1. The van der Waals surface area contributed by atoms with Gasteiger partial charge >= 0.3 is 5.97 Å². The molecule has 0 aliphatic carbocycles. The molecular weight excluding hydrogens is 328 g/mol. The van der Waals surface area contributed by atoms with E-state index in [4.69, 9.17) is 11.6 Å². The lowest BCUT2D eigenvalue weighted by Gasteiger charge is -2.11. The van der Waals surface area contributed by atoms with Crippen LogP contribution >= 0.6 is 11.6 Å². The van der Waals surface area contributed by atoms with Gasteiger partial charge < -0.3 is 5.11 Å². The van der Waals surface area contributed by atoms with Gasteiger partial charge in [0.25, 0.3) is 0 Å². The Morgan fingerprint density at radius 1 is 1.25 bits per heavy atom. The van der Waals surface area contributed by atoms with Crippen molar-refractivity contribution >= 4 is 17.6 Å². The summed E-state index contributed by atoms with van der Waals surface area (Å²) in [4.78, 5) is 11.5. The van der Waals surface area contributed by atoms with E-state index in [2.05, 4.69) is 15.5 Å². The molecule has 0 bridgehead atoms. The zero-order valence-electron chi connectivity index (χ0n) is 13.2. The van der Waals surface area contributed by atoms with Crippen molar-refractivity contribution in [1.29, 1.82) is 0 Å². The molecule has 7 heteroatoms. The second-order valence-corrected chi connectivity index (χ2v) is 5.82. The summed E-state index contributed by atoms with van der Waals surface area (Å²) in [6.07, 6.45) is 0.630. The molecule has 1 N–H and O–H groups in total. The molecule has 0 unspecified atom stereocenters. The first-order valence-corrected chi connectivity index (χ1v) is 7.80. The Hall–Kier alpha value is -2.73. The third-order valence-corrected chi connectivity index (χ3v) is 4.01. The number of carboxylic acids is 1. The van der Waals surface area contributed by atoms with Crippen LogP contribution < -0.4 is 0 Å². The Balaban J connectivity index is 2.22. The lowest BCUT2D eigenvalue weighted by atomic mass is 10.0. The van der Waals surface area contributed by atoms with Crippen LogP contribution in [0.5, 0.6) is 0 Å². The van der Waals surface area contributed by atoms with E-state index in [1.165, 1.54) is 4.68 Å². The van der Waals surface area contributed by atoms with E-state index >= 15 is 0 Å². The second kappa shape index (κ2) is 6.41. The molecule has 3 rings (SSSR count). The maximum atomic E-state index is 11.5. The molecule has 0 aliphatic rings. The number of hydrogen-bond acceptors (Lipinski definition) is 4. The molecule has 6 nitrogen and oxygen atoms in total. The number of carboxylic acid groups (broad SMARTS) is 1. The Kier molecular flexibility index (Phi) is 4.31. The van der Waals surface area contributed by atoms with Crippen LogP contribution in [-0.4, -0.2) is 31.3 Å². The highest BCUT2D eigenvalue weighted by molar-refractivity contribution is 6.33. The standard InChI is InChI=1S/C17H15ClN4O2/c1-3-16-19-20-21-22(16)13-8-11(7-12(9-13)17(23)24)14-5-4-10(2)6-15(14)18/h4-9H,3H2,1-2H3,(H,23,24). The largest absolute Gasteiger partial charge is 0.478 e. The number of nitrogens with zero attached hydrogens (tertiary/aromatic N) is 4. The zero-order chi connectivity index (χ0) is 17.3. The van der Waals surface area contributed by atoms with Crippen LogP contribution in [0.25, 0.3) is 16.8 Å². The predicted molar refractivity (Wildman–Crippen MR) is 90.7 cm³/mol. The van der Waals surface area contributed by atoms with Gasteiger partial charge in [-0.1, -0.05) is 30.7 Å². The summed E-state index contributed by atoms with van der Waals surface area (Å²) in [7, 11) is 0. The number of halogens is 1. The van der Waals surface area contributed by atoms with Crippen LogP contribution in [0.4, 0.5) is 0 Å². The quantitative estimate of drug-likeness (QED) is 0.784. The van der Waals surface area contributed by atoms with Crippen LogP contribution in [0.2, 0.25) is 5.02 Å². The zero-order valence-corrected chi connectivity index (χ0v) is 13.9.